The van der Waals surface area contributed by atoms with E-state index in [1.807, 2.05) is 24.3 Å². The second-order valence-corrected chi connectivity index (χ2v) is 6.27. The van der Waals surface area contributed by atoms with Crippen LogP contribution in [-0.4, -0.2) is 25.1 Å². The summed E-state index contributed by atoms with van der Waals surface area (Å²) in [6, 6.07) is 16.0. The van der Waals surface area contributed by atoms with Crippen LogP contribution in [0, 0.1) is 0 Å². The summed E-state index contributed by atoms with van der Waals surface area (Å²) in [5, 5.41) is 0.555. The van der Waals surface area contributed by atoms with E-state index < -0.39 is 0 Å². The molecule has 3 aromatic rings. The van der Waals surface area contributed by atoms with Crippen molar-refractivity contribution in [3.8, 4) is 11.5 Å². The highest BCUT2D eigenvalue weighted by Crippen LogP contribution is 2.27. The van der Waals surface area contributed by atoms with E-state index in [2.05, 4.69) is 4.98 Å². The Bertz CT molecular complexity index is 909. The molecule has 6 heteroatoms. The van der Waals surface area contributed by atoms with E-state index in [9.17, 15) is 4.79 Å². The van der Waals surface area contributed by atoms with Gasteiger partial charge in [0, 0.05) is 34.7 Å². The highest BCUT2D eigenvalue weighted by Gasteiger charge is 2.20. The molecule has 3 rings (SSSR count). The Kier molecular flexibility index (Phi) is 5.94. The molecular weight excluding hydrogens is 364 g/mol. The highest BCUT2D eigenvalue weighted by atomic mass is 35.5. The minimum atomic E-state index is -0.196. The molecule has 0 unspecified atom stereocenters. The third kappa shape index (κ3) is 4.57. The van der Waals surface area contributed by atoms with E-state index in [1.54, 1.807) is 61.8 Å². The van der Waals surface area contributed by atoms with Crippen LogP contribution in [0.3, 0.4) is 0 Å². The molecule has 0 bridgehead atoms. The minimum absolute atomic E-state index is 0.196. The maximum Gasteiger partial charge on any atom is 0.258 e. The predicted octanol–water partition coefficient (Wildman–Crippen LogP) is 4.60. The first-order valence-corrected chi connectivity index (χ1v) is 8.68. The fourth-order valence-electron chi connectivity index (χ4n) is 2.69. The average Bonchev–Trinajstić information content (AvgIpc) is 2.71. The van der Waals surface area contributed by atoms with Gasteiger partial charge in [-0.15, -0.1) is 0 Å². The van der Waals surface area contributed by atoms with Crippen molar-refractivity contribution in [2.45, 2.75) is 6.54 Å². The Labute approximate surface area is 163 Å². The van der Waals surface area contributed by atoms with E-state index in [0.717, 1.165) is 5.56 Å². The van der Waals surface area contributed by atoms with E-state index >= 15 is 0 Å². The van der Waals surface area contributed by atoms with Crippen LogP contribution in [0.25, 0.3) is 0 Å². The summed E-state index contributed by atoms with van der Waals surface area (Å²) in [5.74, 6) is 0.897. The number of benzene rings is 2. The fraction of sp³-hybridized carbons (Fsp3) is 0.143. The van der Waals surface area contributed by atoms with Crippen LogP contribution in [0.1, 0.15) is 15.9 Å². The lowest BCUT2D eigenvalue weighted by Gasteiger charge is -2.23. The van der Waals surface area contributed by atoms with Crippen molar-refractivity contribution in [2.24, 2.45) is 0 Å². The zero-order valence-electron chi connectivity index (χ0n) is 15.1. The Balaban J connectivity index is 2.03. The normalized spacial score (nSPS) is 10.3. The number of rotatable bonds is 6. The number of ether oxygens (including phenoxy) is 2. The predicted molar refractivity (Wildman–Crippen MR) is 106 cm³/mol. The summed E-state index contributed by atoms with van der Waals surface area (Å²) in [5.41, 5.74) is 2.05. The summed E-state index contributed by atoms with van der Waals surface area (Å²) >= 11 is 6.15. The lowest BCUT2D eigenvalue weighted by atomic mass is 10.1. The van der Waals surface area contributed by atoms with E-state index in [0.29, 0.717) is 34.3 Å². The number of methoxy groups -OCH3 is 2. The molecule has 0 aliphatic heterocycles. The minimum Gasteiger partial charge on any atom is -0.497 e. The van der Waals surface area contributed by atoms with Gasteiger partial charge in [-0.3, -0.25) is 9.78 Å². The molecule has 0 fully saturated rings. The van der Waals surface area contributed by atoms with Gasteiger partial charge in [0.05, 0.1) is 20.8 Å². The number of nitrogens with zero attached hydrogens (tertiary/aromatic N) is 2. The number of halogens is 1. The number of aromatic nitrogens is 1. The van der Waals surface area contributed by atoms with Gasteiger partial charge < -0.3 is 14.4 Å². The van der Waals surface area contributed by atoms with Crippen molar-refractivity contribution in [1.29, 1.82) is 0 Å². The molecule has 0 saturated heterocycles. The SMILES string of the molecule is COc1cc(OC)cc(C(=O)N(Cc2cccnc2)c2cccc(Cl)c2)c1. The Morgan fingerprint density at radius 3 is 2.37 bits per heavy atom. The van der Waals surface area contributed by atoms with Crippen LogP contribution in [-0.2, 0) is 6.54 Å². The molecule has 1 heterocycles. The Morgan fingerprint density at radius 1 is 1.04 bits per heavy atom. The quantitative estimate of drug-likeness (QED) is 0.625. The van der Waals surface area contributed by atoms with Gasteiger partial charge in [-0.2, -0.15) is 0 Å². The number of amides is 1. The first-order chi connectivity index (χ1) is 13.1. The van der Waals surface area contributed by atoms with Crippen molar-refractivity contribution in [1.82, 2.24) is 4.98 Å². The molecule has 138 valence electrons. The van der Waals surface area contributed by atoms with Crippen LogP contribution in [0.15, 0.2) is 67.0 Å². The van der Waals surface area contributed by atoms with Gasteiger partial charge in [-0.05, 0) is 42.0 Å². The molecule has 1 amide bonds. The van der Waals surface area contributed by atoms with Crippen LogP contribution in [0.5, 0.6) is 11.5 Å². The maximum absolute atomic E-state index is 13.3. The van der Waals surface area contributed by atoms with E-state index in [-0.39, 0.29) is 5.91 Å². The summed E-state index contributed by atoms with van der Waals surface area (Å²) in [6.45, 7) is 0.354. The zero-order chi connectivity index (χ0) is 19.2. The van der Waals surface area contributed by atoms with Crippen molar-refractivity contribution < 1.29 is 14.3 Å². The number of hydrogen-bond acceptors (Lipinski definition) is 4. The molecule has 27 heavy (non-hydrogen) atoms. The molecular formula is C21H19ClN2O3. The van der Waals surface area contributed by atoms with Crippen LogP contribution < -0.4 is 14.4 Å². The maximum atomic E-state index is 13.3. The lowest BCUT2D eigenvalue weighted by molar-refractivity contribution is 0.0984. The van der Waals surface area contributed by atoms with Gasteiger partial charge in [-0.1, -0.05) is 23.7 Å². The highest BCUT2D eigenvalue weighted by molar-refractivity contribution is 6.31. The Hall–Kier alpha value is -3.05. The number of carbonyl (C=O) groups is 1. The summed E-state index contributed by atoms with van der Waals surface area (Å²) in [7, 11) is 3.10. The number of anilines is 1. The summed E-state index contributed by atoms with van der Waals surface area (Å²) in [6.07, 6.45) is 3.43. The standard InChI is InChI=1S/C21H19ClN2O3/c1-26-19-9-16(10-20(12-19)27-2)21(25)24(14-15-5-4-8-23-13-15)18-7-3-6-17(22)11-18/h3-13H,14H2,1-2H3. The van der Waals surface area contributed by atoms with E-state index in [4.69, 9.17) is 21.1 Å². The van der Waals surface area contributed by atoms with Gasteiger partial charge in [0.25, 0.3) is 5.91 Å². The second-order valence-electron chi connectivity index (χ2n) is 5.83. The van der Waals surface area contributed by atoms with Gasteiger partial charge in [0.2, 0.25) is 0 Å². The van der Waals surface area contributed by atoms with E-state index in [1.165, 1.54) is 0 Å². The first-order valence-electron chi connectivity index (χ1n) is 8.30. The molecule has 1 aromatic heterocycles. The molecule has 5 nitrogen and oxygen atoms in total. The smallest absolute Gasteiger partial charge is 0.258 e. The van der Waals surface area contributed by atoms with Crippen LogP contribution in [0.4, 0.5) is 5.69 Å². The van der Waals surface area contributed by atoms with Gasteiger partial charge in [0.1, 0.15) is 11.5 Å². The lowest BCUT2D eigenvalue weighted by Crippen LogP contribution is -2.30. The number of carbonyl (C=O) groups excluding carboxylic acids is 1. The van der Waals surface area contributed by atoms with Crippen LogP contribution in [0.2, 0.25) is 5.02 Å². The monoisotopic (exact) mass is 382 g/mol. The first kappa shape index (κ1) is 18.7. The topological polar surface area (TPSA) is 51.7 Å². The Morgan fingerprint density at radius 2 is 1.78 bits per heavy atom. The molecule has 0 aliphatic carbocycles. The molecule has 0 atom stereocenters. The van der Waals surface area contributed by atoms with Crippen LogP contribution >= 0.6 is 11.6 Å². The van der Waals surface area contributed by atoms with Crippen molar-refractivity contribution in [3.05, 3.63) is 83.1 Å². The second kappa shape index (κ2) is 8.56. The molecule has 2 aromatic carbocycles. The molecule has 0 spiro atoms. The molecule has 0 aliphatic rings. The van der Waals surface area contributed by atoms with Crippen molar-refractivity contribution in [3.63, 3.8) is 0 Å². The molecule has 0 saturated carbocycles. The zero-order valence-corrected chi connectivity index (χ0v) is 15.8. The van der Waals surface area contributed by atoms with Crippen molar-refractivity contribution in [2.75, 3.05) is 19.1 Å². The van der Waals surface area contributed by atoms with Gasteiger partial charge in [0.15, 0.2) is 0 Å². The third-order valence-electron chi connectivity index (χ3n) is 4.03. The molecule has 0 radical (unpaired) electrons. The third-order valence-corrected chi connectivity index (χ3v) is 4.26. The summed E-state index contributed by atoms with van der Waals surface area (Å²) in [4.78, 5) is 19.1. The fourth-order valence-corrected chi connectivity index (χ4v) is 2.87. The van der Waals surface area contributed by atoms with Crippen molar-refractivity contribution >= 4 is 23.2 Å². The largest absolute Gasteiger partial charge is 0.497 e. The van der Waals surface area contributed by atoms with Gasteiger partial charge in [-0.25, -0.2) is 0 Å². The number of pyridine rings is 1. The number of hydrogen-bond donors (Lipinski definition) is 0. The average molecular weight is 383 g/mol. The summed E-state index contributed by atoms with van der Waals surface area (Å²) < 4.78 is 10.6. The van der Waals surface area contributed by atoms with Gasteiger partial charge >= 0.3 is 0 Å². The molecule has 0 N–H and O–H groups in total.